The zero-order valence-electron chi connectivity index (χ0n) is 18.5. The lowest BCUT2D eigenvalue weighted by atomic mass is 10.0. The molecular weight excluding hydrogens is 414 g/mol. The van der Waals surface area contributed by atoms with E-state index in [-0.39, 0.29) is 5.43 Å². The van der Waals surface area contributed by atoms with Gasteiger partial charge < -0.3 is 13.9 Å². The monoisotopic (exact) mass is 443 g/mol. The molecule has 0 bridgehead atoms. The van der Waals surface area contributed by atoms with Crippen molar-refractivity contribution in [2.24, 2.45) is 0 Å². The standard InChI is InChI=1S/C24H29NO5S/c1-5-7-8-9-10-17-11-18-21(12-20(17)30-16(4)24(27)28-6-2)29-13-19(22(18)26)23-25-15(3)14-31-23/h11-14,16H,5-10H2,1-4H3/t16-/m1/s1. The fourth-order valence-electron chi connectivity index (χ4n) is 3.37. The maximum atomic E-state index is 13.2. The summed E-state index contributed by atoms with van der Waals surface area (Å²) in [5, 5.41) is 3.05. The summed E-state index contributed by atoms with van der Waals surface area (Å²) in [6.07, 6.45) is 5.80. The van der Waals surface area contributed by atoms with Gasteiger partial charge in [-0.1, -0.05) is 26.2 Å². The number of rotatable bonds is 10. The number of ether oxygens (including phenoxy) is 2. The summed E-state index contributed by atoms with van der Waals surface area (Å²) in [6, 6.07) is 3.54. The van der Waals surface area contributed by atoms with E-state index < -0.39 is 12.1 Å². The van der Waals surface area contributed by atoms with Crippen molar-refractivity contribution in [3.05, 3.63) is 45.3 Å². The van der Waals surface area contributed by atoms with Crippen molar-refractivity contribution in [2.45, 2.75) is 65.9 Å². The van der Waals surface area contributed by atoms with E-state index in [1.807, 2.05) is 18.4 Å². The van der Waals surface area contributed by atoms with Crippen LogP contribution in [0.4, 0.5) is 0 Å². The first-order valence-corrected chi connectivity index (χ1v) is 11.7. The summed E-state index contributed by atoms with van der Waals surface area (Å²) in [5.41, 5.74) is 2.52. The lowest BCUT2D eigenvalue weighted by Gasteiger charge is -2.17. The Morgan fingerprint density at radius 2 is 2.03 bits per heavy atom. The third-order valence-electron chi connectivity index (χ3n) is 5.03. The van der Waals surface area contributed by atoms with E-state index in [0.29, 0.717) is 33.9 Å². The topological polar surface area (TPSA) is 78.6 Å². The Labute approximate surface area is 186 Å². The van der Waals surface area contributed by atoms with Gasteiger partial charge in [0.25, 0.3) is 0 Å². The van der Waals surface area contributed by atoms with Gasteiger partial charge in [0.05, 0.1) is 17.6 Å². The van der Waals surface area contributed by atoms with Gasteiger partial charge >= 0.3 is 5.97 Å². The predicted molar refractivity (Wildman–Crippen MR) is 123 cm³/mol. The van der Waals surface area contributed by atoms with Crippen LogP contribution in [0.1, 0.15) is 57.7 Å². The number of unbranched alkanes of at least 4 members (excludes halogenated alkanes) is 3. The number of fused-ring (bicyclic) bond motifs is 1. The highest BCUT2D eigenvalue weighted by molar-refractivity contribution is 7.13. The normalized spacial score (nSPS) is 12.1. The van der Waals surface area contributed by atoms with Crippen molar-refractivity contribution in [2.75, 3.05) is 6.61 Å². The van der Waals surface area contributed by atoms with Crippen LogP contribution in [0.5, 0.6) is 5.75 Å². The van der Waals surface area contributed by atoms with Crippen LogP contribution in [0, 0.1) is 6.92 Å². The Morgan fingerprint density at radius 1 is 1.23 bits per heavy atom. The molecule has 31 heavy (non-hydrogen) atoms. The Balaban J connectivity index is 2.00. The molecule has 6 nitrogen and oxygen atoms in total. The minimum Gasteiger partial charge on any atom is -0.479 e. The molecule has 3 rings (SSSR count). The van der Waals surface area contributed by atoms with Gasteiger partial charge in [0.1, 0.15) is 22.6 Å². The van der Waals surface area contributed by atoms with Crippen LogP contribution >= 0.6 is 11.3 Å². The van der Waals surface area contributed by atoms with Crippen LogP contribution in [0.2, 0.25) is 0 Å². The number of nitrogens with zero attached hydrogens (tertiary/aromatic N) is 1. The zero-order chi connectivity index (χ0) is 22.4. The SMILES string of the molecule is CCCCCCc1cc2c(=O)c(-c3nc(C)cs3)coc2cc1O[C@H](C)C(=O)OCC. The maximum absolute atomic E-state index is 13.2. The average molecular weight is 444 g/mol. The second-order valence-electron chi connectivity index (χ2n) is 7.55. The van der Waals surface area contributed by atoms with Gasteiger partial charge in [0, 0.05) is 17.1 Å². The van der Waals surface area contributed by atoms with E-state index in [9.17, 15) is 9.59 Å². The molecule has 3 aromatic rings. The van der Waals surface area contributed by atoms with Crippen LogP contribution in [0.15, 0.2) is 33.0 Å². The van der Waals surface area contributed by atoms with Crippen LogP contribution in [0.3, 0.4) is 0 Å². The number of hydrogen-bond donors (Lipinski definition) is 0. The minimum atomic E-state index is -0.754. The van der Waals surface area contributed by atoms with Gasteiger partial charge in [-0.05, 0) is 45.2 Å². The van der Waals surface area contributed by atoms with E-state index in [1.54, 1.807) is 19.9 Å². The molecule has 2 aromatic heterocycles. The lowest BCUT2D eigenvalue weighted by molar-refractivity contribution is -0.150. The van der Waals surface area contributed by atoms with Crippen LogP contribution in [-0.2, 0) is 16.0 Å². The van der Waals surface area contributed by atoms with E-state index in [0.717, 1.165) is 43.4 Å². The van der Waals surface area contributed by atoms with Crippen LogP contribution in [0.25, 0.3) is 21.5 Å². The number of aromatic nitrogens is 1. The molecule has 166 valence electrons. The van der Waals surface area contributed by atoms with Gasteiger partial charge in [0.2, 0.25) is 5.43 Å². The fourth-order valence-corrected chi connectivity index (χ4v) is 4.17. The summed E-state index contributed by atoms with van der Waals surface area (Å²) >= 11 is 1.42. The highest BCUT2D eigenvalue weighted by atomic mass is 32.1. The summed E-state index contributed by atoms with van der Waals surface area (Å²) in [4.78, 5) is 29.7. The van der Waals surface area contributed by atoms with Crippen LogP contribution < -0.4 is 10.2 Å². The second kappa shape index (κ2) is 10.6. The number of carbonyl (C=O) groups excluding carboxylic acids is 1. The van der Waals surface area contributed by atoms with Gasteiger partial charge in [-0.2, -0.15) is 0 Å². The number of hydrogen-bond acceptors (Lipinski definition) is 7. The van der Waals surface area contributed by atoms with Gasteiger partial charge in [-0.15, -0.1) is 11.3 Å². The third-order valence-corrected chi connectivity index (χ3v) is 6.02. The predicted octanol–water partition coefficient (Wildman–Crippen LogP) is 5.68. The summed E-state index contributed by atoms with van der Waals surface area (Å²) < 4.78 is 16.8. The molecule has 0 amide bonds. The largest absolute Gasteiger partial charge is 0.479 e. The molecule has 0 aliphatic rings. The Bertz CT molecular complexity index is 1100. The number of esters is 1. The molecule has 0 unspecified atom stereocenters. The van der Waals surface area contributed by atoms with Crippen molar-refractivity contribution < 1.29 is 18.7 Å². The van der Waals surface area contributed by atoms with Crippen molar-refractivity contribution >= 4 is 28.3 Å². The first kappa shape index (κ1) is 23.0. The summed E-state index contributed by atoms with van der Waals surface area (Å²) in [7, 11) is 0. The Hall–Kier alpha value is -2.67. The highest BCUT2D eigenvalue weighted by Crippen LogP contribution is 2.30. The molecule has 0 radical (unpaired) electrons. The van der Waals surface area contributed by atoms with Crippen molar-refractivity contribution in [1.82, 2.24) is 4.98 Å². The number of benzene rings is 1. The zero-order valence-corrected chi connectivity index (χ0v) is 19.3. The summed E-state index contributed by atoms with van der Waals surface area (Å²) in [6.45, 7) is 7.77. The van der Waals surface area contributed by atoms with Crippen molar-refractivity contribution in [3.8, 4) is 16.3 Å². The molecule has 1 atom stereocenters. The van der Waals surface area contributed by atoms with E-state index >= 15 is 0 Å². The van der Waals surface area contributed by atoms with E-state index in [4.69, 9.17) is 13.9 Å². The van der Waals surface area contributed by atoms with Gasteiger partial charge in [-0.25, -0.2) is 9.78 Å². The molecule has 0 aliphatic heterocycles. The molecule has 0 aliphatic carbocycles. The molecule has 1 aromatic carbocycles. The molecular formula is C24H29NO5S. The molecule has 7 heteroatoms. The van der Waals surface area contributed by atoms with E-state index in [1.165, 1.54) is 17.6 Å². The smallest absolute Gasteiger partial charge is 0.347 e. The van der Waals surface area contributed by atoms with Crippen molar-refractivity contribution in [1.29, 1.82) is 0 Å². The molecule has 0 fully saturated rings. The third kappa shape index (κ3) is 5.53. The Kier molecular flexibility index (Phi) is 7.85. The number of thiazole rings is 1. The second-order valence-corrected chi connectivity index (χ2v) is 8.41. The van der Waals surface area contributed by atoms with Gasteiger partial charge in [0.15, 0.2) is 6.10 Å². The number of carbonyl (C=O) groups is 1. The molecule has 2 heterocycles. The summed E-state index contributed by atoms with van der Waals surface area (Å²) in [5.74, 6) is 0.126. The number of aryl methyl sites for hydroxylation is 2. The first-order valence-electron chi connectivity index (χ1n) is 10.8. The lowest BCUT2D eigenvalue weighted by Crippen LogP contribution is -2.26. The van der Waals surface area contributed by atoms with E-state index in [2.05, 4.69) is 11.9 Å². The highest BCUT2D eigenvalue weighted by Gasteiger charge is 2.20. The molecule has 0 N–H and O–H groups in total. The molecule has 0 saturated carbocycles. The molecule has 0 spiro atoms. The Morgan fingerprint density at radius 3 is 2.71 bits per heavy atom. The van der Waals surface area contributed by atoms with Crippen LogP contribution in [-0.4, -0.2) is 23.7 Å². The quantitative estimate of drug-likeness (QED) is 0.296. The molecule has 0 saturated heterocycles. The average Bonchev–Trinajstić information content (AvgIpc) is 3.18. The van der Waals surface area contributed by atoms with Gasteiger partial charge in [-0.3, -0.25) is 4.79 Å². The minimum absolute atomic E-state index is 0.115. The first-order chi connectivity index (χ1) is 14.9. The maximum Gasteiger partial charge on any atom is 0.347 e. The fraction of sp³-hybridized carbons (Fsp3) is 0.458. The van der Waals surface area contributed by atoms with Crippen molar-refractivity contribution in [3.63, 3.8) is 0 Å².